The molecule has 2 aromatic heterocycles. The van der Waals surface area contributed by atoms with Crippen LogP contribution in [0.4, 0.5) is 17.2 Å². The normalized spacial score (nSPS) is 11.0. The van der Waals surface area contributed by atoms with E-state index in [4.69, 9.17) is 14.7 Å². The molecule has 4 aromatic rings. The summed E-state index contributed by atoms with van der Waals surface area (Å²) in [6.07, 6.45) is 0. The van der Waals surface area contributed by atoms with E-state index in [9.17, 15) is 4.79 Å². The fourth-order valence-electron chi connectivity index (χ4n) is 3.47. The summed E-state index contributed by atoms with van der Waals surface area (Å²) in [5, 5.41) is 9.36. The van der Waals surface area contributed by atoms with E-state index in [2.05, 4.69) is 28.1 Å². The lowest BCUT2D eigenvalue weighted by molar-refractivity contribution is -0.114. The Bertz CT molecular complexity index is 1250. The van der Waals surface area contributed by atoms with Gasteiger partial charge in [0.1, 0.15) is 22.2 Å². The number of aromatic nitrogens is 2. The zero-order valence-electron chi connectivity index (χ0n) is 18.5. The Balaban J connectivity index is 1.83. The van der Waals surface area contributed by atoms with Crippen LogP contribution < -0.4 is 15.4 Å². The second-order valence-electron chi connectivity index (χ2n) is 7.64. The van der Waals surface area contributed by atoms with Crippen molar-refractivity contribution in [1.82, 2.24) is 14.9 Å². The smallest absolute Gasteiger partial charge is 0.221 e. The third-order valence-electron chi connectivity index (χ3n) is 4.80. The van der Waals surface area contributed by atoms with Crippen molar-refractivity contribution in [3.8, 4) is 16.9 Å². The van der Waals surface area contributed by atoms with Gasteiger partial charge in [0.05, 0.1) is 24.7 Å². The van der Waals surface area contributed by atoms with Crippen LogP contribution >= 0.6 is 11.3 Å². The summed E-state index contributed by atoms with van der Waals surface area (Å²) in [6, 6.07) is 15.8. The van der Waals surface area contributed by atoms with Crippen molar-refractivity contribution in [1.29, 1.82) is 0 Å². The van der Waals surface area contributed by atoms with Crippen LogP contribution in [0.25, 0.3) is 21.3 Å². The molecule has 0 saturated heterocycles. The van der Waals surface area contributed by atoms with Gasteiger partial charge >= 0.3 is 0 Å². The first kappa shape index (κ1) is 21.7. The lowest BCUT2D eigenvalue weighted by atomic mass is 10.1. The Morgan fingerprint density at radius 1 is 1.12 bits per heavy atom. The Kier molecular flexibility index (Phi) is 6.34. The molecule has 7 nitrogen and oxygen atoms in total. The predicted molar refractivity (Wildman–Crippen MR) is 131 cm³/mol. The van der Waals surface area contributed by atoms with E-state index < -0.39 is 0 Å². The second-order valence-corrected chi connectivity index (χ2v) is 8.50. The number of anilines is 3. The number of hydrogen-bond acceptors (Lipinski definition) is 7. The van der Waals surface area contributed by atoms with Gasteiger partial charge in [0.15, 0.2) is 0 Å². The molecule has 2 heterocycles. The van der Waals surface area contributed by atoms with Gasteiger partial charge in [-0.15, -0.1) is 11.3 Å². The van der Waals surface area contributed by atoms with Gasteiger partial charge in [-0.25, -0.2) is 9.97 Å². The number of carbonyl (C=O) groups excluding carboxylic acids is 1. The number of methoxy groups -OCH3 is 1. The van der Waals surface area contributed by atoms with Crippen LogP contribution in [0.5, 0.6) is 5.75 Å². The molecule has 2 aromatic carbocycles. The monoisotopic (exact) mass is 447 g/mol. The van der Waals surface area contributed by atoms with Crippen molar-refractivity contribution >= 4 is 44.7 Å². The van der Waals surface area contributed by atoms with Crippen LogP contribution in [0.3, 0.4) is 0 Å². The number of rotatable bonds is 7. The molecule has 8 heteroatoms. The number of nitrogens with zero attached hydrogens (tertiary/aromatic N) is 3. The van der Waals surface area contributed by atoms with E-state index in [0.717, 1.165) is 38.7 Å². The molecule has 0 radical (unpaired) electrons. The molecule has 4 rings (SSSR count). The van der Waals surface area contributed by atoms with E-state index in [1.807, 2.05) is 55.4 Å². The molecular weight excluding hydrogens is 422 g/mol. The molecule has 0 aliphatic carbocycles. The second kappa shape index (κ2) is 9.33. The number of hydrogen-bond donors (Lipinski definition) is 2. The zero-order chi connectivity index (χ0) is 22.7. The van der Waals surface area contributed by atoms with E-state index in [-0.39, 0.29) is 5.91 Å². The third-order valence-corrected chi connectivity index (χ3v) is 5.67. The minimum Gasteiger partial charge on any atom is -0.495 e. The molecule has 0 unspecified atom stereocenters. The first-order chi connectivity index (χ1) is 15.4. The average Bonchev–Trinajstić information content (AvgIpc) is 3.18. The summed E-state index contributed by atoms with van der Waals surface area (Å²) >= 11 is 1.61. The Hall–Kier alpha value is -3.49. The van der Waals surface area contributed by atoms with Crippen molar-refractivity contribution in [3.05, 3.63) is 59.7 Å². The fraction of sp³-hybridized carbons (Fsp3) is 0.208. The standard InChI is InChI=1S/C24H25N5O2S/c1-15(30)25-19-12-17(10-11-20(19)31-4)26-23-22-18(16-8-6-5-7-9-16)14-32-24(22)28-21(27-23)13-29(2)3/h5-12,14H,13H2,1-4H3,(H,25,30)(H,26,27,28). The van der Waals surface area contributed by atoms with E-state index >= 15 is 0 Å². The van der Waals surface area contributed by atoms with Crippen molar-refractivity contribution in [2.45, 2.75) is 13.5 Å². The van der Waals surface area contributed by atoms with E-state index in [1.165, 1.54) is 6.92 Å². The van der Waals surface area contributed by atoms with Gasteiger partial charge in [-0.05, 0) is 37.9 Å². The van der Waals surface area contributed by atoms with Crippen molar-refractivity contribution < 1.29 is 9.53 Å². The highest BCUT2D eigenvalue weighted by Crippen LogP contribution is 2.38. The summed E-state index contributed by atoms with van der Waals surface area (Å²) in [6.45, 7) is 2.10. The highest BCUT2D eigenvalue weighted by Gasteiger charge is 2.17. The van der Waals surface area contributed by atoms with Crippen molar-refractivity contribution in [2.24, 2.45) is 0 Å². The zero-order valence-corrected chi connectivity index (χ0v) is 19.3. The van der Waals surface area contributed by atoms with Gasteiger partial charge < -0.3 is 20.3 Å². The van der Waals surface area contributed by atoms with Gasteiger partial charge in [-0.3, -0.25) is 4.79 Å². The molecule has 32 heavy (non-hydrogen) atoms. The van der Waals surface area contributed by atoms with Crippen LogP contribution in [-0.2, 0) is 11.3 Å². The number of amides is 1. The minimum absolute atomic E-state index is 0.164. The van der Waals surface area contributed by atoms with Crippen LogP contribution in [0, 0.1) is 0 Å². The first-order valence-electron chi connectivity index (χ1n) is 10.2. The summed E-state index contributed by atoms with van der Waals surface area (Å²) in [4.78, 5) is 24.2. The Morgan fingerprint density at radius 3 is 2.59 bits per heavy atom. The molecule has 0 spiro atoms. The number of fused-ring (bicyclic) bond motifs is 1. The molecular formula is C24H25N5O2S. The maximum atomic E-state index is 11.6. The van der Waals surface area contributed by atoms with Crippen LogP contribution in [-0.4, -0.2) is 42.0 Å². The van der Waals surface area contributed by atoms with Crippen molar-refractivity contribution in [2.75, 3.05) is 31.8 Å². The number of nitrogens with one attached hydrogen (secondary N) is 2. The van der Waals surface area contributed by atoms with E-state index in [1.54, 1.807) is 18.4 Å². The minimum atomic E-state index is -0.164. The van der Waals surface area contributed by atoms with Gasteiger partial charge in [-0.2, -0.15) is 0 Å². The van der Waals surface area contributed by atoms with Crippen molar-refractivity contribution in [3.63, 3.8) is 0 Å². The molecule has 0 aliphatic rings. The van der Waals surface area contributed by atoms with E-state index in [0.29, 0.717) is 18.0 Å². The molecule has 0 fully saturated rings. The van der Waals surface area contributed by atoms with Crippen LogP contribution in [0.1, 0.15) is 12.7 Å². The first-order valence-corrected chi connectivity index (χ1v) is 11.0. The van der Waals surface area contributed by atoms with Gasteiger partial charge in [0.25, 0.3) is 0 Å². The topological polar surface area (TPSA) is 79.4 Å². The molecule has 1 amide bonds. The lowest BCUT2D eigenvalue weighted by Gasteiger charge is -2.15. The maximum Gasteiger partial charge on any atom is 0.221 e. The van der Waals surface area contributed by atoms with Gasteiger partial charge in [0.2, 0.25) is 5.91 Å². The predicted octanol–water partition coefficient (Wildman–Crippen LogP) is 5.13. The SMILES string of the molecule is COc1ccc(Nc2nc(CN(C)C)nc3scc(-c4ccccc4)c23)cc1NC(C)=O. The summed E-state index contributed by atoms with van der Waals surface area (Å²) in [5.74, 6) is 1.89. The molecule has 0 aliphatic heterocycles. The summed E-state index contributed by atoms with van der Waals surface area (Å²) in [5.41, 5.74) is 3.58. The van der Waals surface area contributed by atoms with Crippen LogP contribution in [0.2, 0.25) is 0 Å². The fourth-order valence-corrected chi connectivity index (χ4v) is 4.44. The number of ether oxygens (including phenoxy) is 1. The number of benzene rings is 2. The largest absolute Gasteiger partial charge is 0.495 e. The summed E-state index contributed by atoms with van der Waals surface area (Å²) < 4.78 is 5.38. The Labute approximate surface area is 191 Å². The molecule has 2 N–H and O–H groups in total. The summed E-state index contributed by atoms with van der Waals surface area (Å²) in [7, 11) is 5.56. The average molecular weight is 448 g/mol. The van der Waals surface area contributed by atoms with Gasteiger partial charge in [0, 0.05) is 23.6 Å². The quantitative estimate of drug-likeness (QED) is 0.409. The number of carbonyl (C=O) groups is 1. The maximum absolute atomic E-state index is 11.6. The molecule has 0 atom stereocenters. The molecule has 164 valence electrons. The lowest BCUT2D eigenvalue weighted by Crippen LogP contribution is -2.14. The molecule has 0 bridgehead atoms. The molecule has 0 saturated carbocycles. The highest BCUT2D eigenvalue weighted by atomic mass is 32.1. The highest BCUT2D eigenvalue weighted by molar-refractivity contribution is 7.17. The third kappa shape index (κ3) is 4.71. The van der Waals surface area contributed by atoms with Gasteiger partial charge in [-0.1, -0.05) is 30.3 Å². The van der Waals surface area contributed by atoms with Crippen LogP contribution in [0.15, 0.2) is 53.9 Å². The Morgan fingerprint density at radius 2 is 1.91 bits per heavy atom. The number of thiophene rings is 1.